The number of hydrogen-bond donors (Lipinski definition) is 0. The average Bonchev–Trinajstić information content (AvgIpc) is 2.19. The Bertz CT molecular complexity index is 398. The van der Waals surface area contributed by atoms with Crippen molar-refractivity contribution in [2.45, 2.75) is 0 Å². The number of nitrogens with zero attached hydrogens (tertiary/aromatic N) is 1. The summed E-state index contributed by atoms with van der Waals surface area (Å²) in [5, 5.41) is 10.9. The van der Waals surface area contributed by atoms with E-state index in [1.165, 1.54) is 6.20 Å². The summed E-state index contributed by atoms with van der Waals surface area (Å²) < 4.78 is 0.683. The van der Waals surface area contributed by atoms with Gasteiger partial charge in [-0.3, -0.25) is 0 Å². The molecule has 0 atom stereocenters. The number of pyridine rings is 1. The Morgan fingerprint density at radius 3 is 2.46 bits per heavy atom. The largest absolute Gasteiger partial charge is 0.618 e. The Hall–Kier alpha value is -1.83. The van der Waals surface area contributed by atoms with Crippen LogP contribution in [0.15, 0.2) is 48.7 Å². The fourth-order valence-corrected chi connectivity index (χ4v) is 1.21. The summed E-state index contributed by atoms with van der Waals surface area (Å²) in [4.78, 5) is 0. The van der Waals surface area contributed by atoms with Gasteiger partial charge in [0.1, 0.15) is 0 Å². The molecule has 0 amide bonds. The molecule has 0 unspecified atom stereocenters. The van der Waals surface area contributed by atoms with Crippen molar-refractivity contribution in [2.75, 3.05) is 0 Å². The molecule has 0 saturated heterocycles. The van der Waals surface area contributed by atoms with Crippen LogP contribution in [-0.2, 0) is 0 Å². The van der Waals surface area contributed by atoms with Gasteiger partial charge in [0.15, 0.2) is 6.20 Å². The normalized spacial score (nSPS) is 9.85. The minimum atomic E-state index is 0.683. The molecule has 1 radical (unpaired) electrons. The third kappa shape index (κ3) is 1.67. The van der Waals surface area contributed by atoms with Gasteiger partial charge in [-0.05, 0) is 11.6 Å². The van der Waals surface area contributed by atoms with Gasteiger partial charge in [0.25, 0.3) is 6.20 Å². The van der Waals surface area contributed by atoms with E-state index in [1.54, 1.807) is 6.07 Å². The molecule has 0 spiro atoms. The highest BCUT2D eigenvalue weighted by Gasteiger charge is 1.99. The van der Waals surface area contributed by atoms with Crippen LogP contribution < -0.4 is 4.73 Å². The van der Waals surface area contributed by atoms with Crippen molar-refractivity contribution < 1.29 is 4.73 Å². The Morgan fingerprint density at radius 1 is 1.00 bits per heavy atom. The molecule has 0 aliphatic rings. The van der Waals surface area contributed by atoms with Crippen LogP contribution in [0.2, 0.25) is 0 Å². The topological polar surface area (TPSA) is 26.9 Å². The van der Waals surface area contributed by atoms with E-state index in [2.05, 4.69) is 6.20 Å². The lowest BCUT2D eigenvalue weighted by molar-refractivity contribution is -0.609. The van der Waals surface area contributed by atoms with Crippen LogP contribution in [0.25, 0.3) is 11.1 Å². The first-order valence-electron chi connectivity index (χ1n) is 4.02. The number of benzene rings is 1. The standard InChI is InChI=1S/C11H8NO/c13-12-8-4-7-11(9-12)10-5-2-1-3-6-10/h1-7,9H. The maximum atomic E-state index is 10.9. The monoisotopic (exact) mass is 170 g/mol. The van der Waals surface area contributed by atoms with E-state index in [1.807, 2.05) is 36.4 Å². The SMILES string of the molecule is [O-][n+]1[c]ccc(-c2ccccc2)c1. The fraction of sp³-hybridized carbons (Fsp3) is 0. The third-order valence-corrected chi connectivity index (χ3v) is 1.83. The molecule has 0 saturated carbocycles. The molecule has 0 aliphatic carbocycles. The highest BCUT2D eigenvalue weighted by atomic mass is 16.5. The predicted molar refractivity (Wildman–Crippen MR) is 49.7 cm³/mol. The minimum absolute atomic E-state index is 0.683. The van der Waals surface area contributed by atoms with E-state index in [-0.39, 0.29) is 0 Å². The van der Waals surface area contributed by atoms with E-state index in [9.17, 15) is 5.21 Å². The number of rotatable bonds is 1. The van der Waals surface area contributed by atoms with Crippen LogP contribution in [0, 0.1) is 11.4 Å². The van der Waals surface area contributed by atoms with E-state index in [4.69, 9.17) is 0 Å². The summed E-state index contributed by atoms with van der Waals surface area (Å²) >= 11 is 0. The zero-order valence-electron chi connectivity index (χ0n) is 6.97. The first-order valence-corrected chi connectivity index (χ1v) is 4.02. The summed E-state index contributed by atoms with van der Waals surface area (Å²) in [5.74, 6) is 0. The second-order valence-electron chi connectivity index (χ2n) is 2.74. The molecule has 1 aromatic carbocycles. The predicted octanol–water partition coefficient (Wildman–Crippen LogP) is 1.79. The Labute approximate surface area is 76.7 Å². The lowest BCUT2D eigenvalue weighted by Gasteiger charge is -1.99. The molecule has 0 fully saturated rings. The van der Waals surface area contributed by atoms with Crippen LogP contribution in [0.1, 0.15) is 0 Å². The lowest BCUT2D eigenvalue weighted by atomic mass is 10.1. The van der Waals surface area contributed by atoms with Gasteiger partial charge in [-0.2, -0.15) is 4.73 Å². The van der Waals surface area contributed by atoms with E-state index in [0.717, 1.165) is 11.1 Å². The Morgan fingerprint density at radius 2 is 1.77 bits per heavy atom. The molecule has 0 bridgehead atoms. The molecule has 2 heteroatoms. The van der Waals surface area contributed by atoms with Crippen molar-refractivity contribution in [2.24, 2.45) is 0 Å². The second-order valence-corrected chi connectivity index (χ2v) is 2.74. The van der Waals surface area contributed by atoms with E-state index < -0.39 is 0 Å². The summed E-state index contributed by atoms with van der Waals surface area (Å²) in [7, 11) is 0. The minimum Gasteiger partial charge on any atom is -0.618 e. The molecular formula is C11H8NO. The lowest BCUT2D eigenvalue weighted by Crippen LogP contribution is -2.24. The van der Waals surface area contributed by atoms with Gasteiger partial charge in [0, 0.05) is 11.6 Å². The molecule has 63 valence electrons. The van der Waals surface area contributed by atoms with Crippen molar-refractivity contribution in [3.05, 3.63) is 60.1 Å². The zero-order valence-corrected chi connectivity index (χ0v) is 6.97. The van der Waals surface area contributed by atoms with Crippen LogP contribution in [0.5, 0.6) is 0 Å². The molecular weight excluding hydrogens is 162 g/mol. The Balaban J connectivity index is 2.48. The fourth-order valence-electron chi connectivity index (χ4n) is 1.21. The van der Waals surface area contributed by atoms with Gasteiger partial charge < -0.3 is 5.21 Å². The molecule has 2 aromatic rings. The molecule has 2 rings (SSSR count). The summed E-state index contributed by atoms with van der Waals surface area (Å²) in [6, 6.07) is 13.3. The highest BCUT2D eigenvalue weighted by molar-refractivity contribution is 5.61. The van der Waals surface area contributed by atoms with Crippen molar-refractivity contribution in [3.8, 4) is 11.1 Å². The average molecular weight is 170 g/mol. The molecule has 13 heavy (non-hydrogen) atoms. The van der Waals surface area contributed by atoms with Crippen molar-refractivity contribution in [1.29, 1.82) is 0 Å². The smallest absolute Gasteiger partial charge is 0.289 e. The van der Waals surface area contributed by atoms with E-state index >= 15 is 0 Å². The maximum Gasteiger partial charge on any atom is 0.289 e. The zero-order chi connectivity index (χ0) is 9.10. The summed E-state index contributed by atoms with van der Waals surface area (Å²) in [6.45, 7) is 0. The first kappa shape index (κ1) is 7.80. The van der Waals surface area contributed by atoms with Gasteiger partial charge in [-0.25, -0.2) is 0 Å². The van der Waals surface area contributed by atoms with E-state index in [0.29, 0.717) is 4.73 Å². The van der Waals surface area contributed by atoms with Crippen LogP contribution in [0.3, 0.4) is 0 Å². The van der Waals surface area contributed by atoms with Gasteiger partial charge in [0.2, 0.25) is 0 Å². The molecule has 1 heterocycles. The highest BCUT2D eigenvalue weighted by Crippen LogP contribution is 2.15. The van der Waals surface area contributed by atoms with Crippen LogP contribution >= 0.6 is 0 Å². The van der Waals surface area contributed by atoms with Gasteiger partial charge >= 0.3 is 0 Å². The first-order chi connectivity index (χ1) is 6.36. The molecule has 0 aliphatic heterocycles. The van der Waals surface area contributed by atoms with Gasteiger partial charge in [-0.15, -0.1) is 0 Å². The maximum absolute atomic E-state index is 10.9. The van der Waals surface area contributed by atoms with Crippen LogP contribution in [-0.4, -0.2) is 0 Å². The Kier molecular flexibility index (Phi) is 1.96. The molecule has 2 nitrogen and oxygen atoms in total. The van der Waals surface area contributed by atoms with Crippen LogP contribution in [0.4, 0.5) is 0 Å². The molecule has 0 N–H and O–H groups in total. The third-order valence-electron chi connectivity index (χ3n) is 1.83. The number of hydrogen-bond acceptors (Lipinski definition) is 1. The second kappa shape index (κ2) is 3.27. The van der Waals surface area contributed by atoms with Crippen molar-refractivity contribution in [3.63, 3.8) is 0 Å². The van der Waals surface area contributed by atoms with Gasteiger partial charge in [-0.1, -0.05) is 30.3 Å². The quantitative estimate of drug-likeness (QED) is 0.473. The summed E-state index contributed by atoms with van der Waals surface area (Å²) in [6.07, 6.45) is 4.01. The summed E-state index contributed by atoms with van der Waals surface area (Å²) in [5.41, 5.74) is 1.95. The van der Waals surface area contributed by atoms with Crippen molar-refractivity contribution >= 4 is 0 Å². The molecule has 1 aromatic heterocycles. The van der Waals surface area contributed by atoms with Gasteiger partial charge in [0.05, 0.1) is 0 Å². The number of aromatic nitrogens is 1. The van der Waals surface area contributed by atoms with Crippen molar-refractivity contribution in [1.82, 2.24) is 0 Å².